The molecule has 0 aromatic heterocycles. The van der Waals surface area contributed by atoms with E-state index in [4.69, 9.17) is 5.11 Å². The number of hydrogen-bond donors (Lipinski definition) is 1. The highest BCUT2D eigenvalue weighted by molar-refractivity contribution is 8.26. The van der Waals surface area contributed by atoms with Crippen LogP contribution in [-0.4, -0.2) is 17.9 Å². The predicted octanol–water partition coefficient (Wildman–Crippen LogP) is -1.22. The zero-order chi connectivity index (χ0) is 11.4. The minimum atomic E-state index is -5.53. The molecular formula is C6H11O6P2-3. The Labute approximate surface area is 81.8 Å². The fourth-order valence-electron chi connectivity index (χ4n) is 0.661. The summed E-state index contributed by atoms with van der Waals surface area (Å²) in [6, 6.07) is 0. The molecule has 0 amide bonds. The van der Waals surface area contributed by atoms with Crippen LogP contribution in [0.5, 0.6) is 0 Å². The average molecular weight is 241 g/mol. The van der Waals surface area contributed by atoms with Gasteiger partial charge in [0, 0.05) is 7.06 Å². The van der Waals surface area contributed by atoms with Crippen molar-refractivity contribution in [1.29, 1.82) is 0 Å². The highest BCUT2D eigenvalue weighted by Crippen LogP contribution is 2.65. The fraction of sp³-hybridized carbons (Fsp3) is 0.667. The Bertz CT molecular complexity index is 303. The summed E-state index contributed by atoms with van der Waals surface area (Å²) in [4.78, 5) is 31.2. The van der Waals surface area contributed by atoms with Gasteiger partial charge in [0.15, 0.2) is 0 Å². The predicted molar refractivity (Wildman–Crippen MR) is 45.5 cm³/mol. The Morgan fingerprint density at radius 2 is 1.86 bits per heavy atom. The Kier molecular flexibility index (Phi) is 5.23. The van der Waals surface area contributed by atoms with Gasteiger partial charge in [-0.15, -0.1) is 0 Å². The zero-order valence-corrected chi connectivity index (χ0v) is 9.37. The van der Waals surface area contributed by atoms with Gasteiger partial charge in [-0.1, -0.05) is 11.6 Å². The van der Waals surface area contributed by atoms with Crippen LogP contribution < -0.4 is 14.7 Å². The molecule has 0 spiro atoms. The summed E-state index contributed by atoms with van der Waals surface area (Å²) in [6.45, 7) is 1.33. The molecule has 8 heteroatoms. The second kappa shape index (κ2) is 5.21. The monoisotopic (exact) mass is 241 g/mol. The van der Waals surface area contributed by atoms with Gasteiger partial charge in [0.25, 0.3) is 0 Å². The first-order valence-electron chi connectivity index (χ1n) is 3.80. The second-order valence-electron chi connectivity index (χ2n) is 2.83. The zero-order valence-electron chi connectivity index (χ0n) is 7.58. The molecule has 84 valence electrons. The van der Waals surface area contributed by atoms with E-state index in [0.717, 1.165) is 0 Å². The molecule has 0 saturated heterocycles. The third kappa shape index (κ3) is 4.51. The van der Waals surface area contributed by atoms with Crippen LogP contribution in [-0.2, 0) is 9.13 Å². The molecule has 0 aliphatic rings. The maximum atomic E-state index is 10.8. The van der Waals surface area contributed by atoms with Crippen LogP contribution >= 0.6 is 14.3 Å². The molecule has 1 N–H and O–H groups in total. The summed E-state index contributed by atoms with van der Waals surface area (Å²) in [6.07, 6.45) is 0.580. The Balaban J connectivity index is 4.29. The highest BCUT2D eigenvalue weighted by atomic mass is 32.1. The maximum absolute atomic E-state index is 10.8. The summed E-state index contributed by atoms with van der Waals surface area (Å²) in [7, 11) is -10.4. The Morgan fingerprint density at radius 3 is 2.21 bits per heavy atom. The van der Waals surface area contributed by atoms with E-state index in [1.165, 1.54) is 6.08 Å². The van der Waals surface area contributed by atoms with Gasteiger partial charge >= 0.3 is 0 Å². The van der Waals surface area contributed by atoms with Crippen molar-refractivity contribution in [2.45, 2.75) is 13.3 Å². The van der Waals surface area contributed by atoms with E-state index < -0.39 is 20.5 Å². The summed E-state index contributed by atoms with van der Waals surface area (Å²) < 4.78 is 21.0. The Morgan fingerprint density at radius 1 is 1.36 bits per heavy atom. The SMILES string of the molecule is C/C(=C\CCP(=O)([O-])P(=O)([O-])[O-])CO. The summed E-state index contributed by atoms with van der Waals surface area (Å²) in [5.74, 6) is 0. The summed E-state index contributed by atoms with van der Waals surface area (Å²) in [5, 5.41) is 8.53. The quantitative estimate of drug-likeness (QED) is 0.475. The van der Waals surface area contributed by atoms with Gasteiger partial charge in [-0.3, -0.25) is 0 Å². The van der Waals surface area contributed by atoms with E-state index in [9.17, 15) is 23.8 Å². The van der Waals surface area contributed by atoms with Crippen molar-refractivity contribution >= 4 is 14.3 Å². The normalized spacial score (nSPS) is 17.9. The van der Waals surface area contributed by atoms with Gasteiger partial charge in [0.2, 0.25) is 0 Å². The van der Waals surface area contributed by atoms with Gasteiger partial charge in [-0.2, -0.15) is 0 Å². The lowest BCUT2D eigenvalue weighted by molar-refractivity contribution is -0.311. The van der Waals surface area contributed by atoms with Crippen LogP contribution in [0.3, 0.4) is 0 Å². The summed E-state index contributed by atoms with van der Waals surface area (Å²) >= 11 is 0. The highest BCUT2D eigenvalue weighted by Gasteiger charge is 2.10. The topological polar surface area (TPSA) is 124 Å². The van der Waals surface area contributed by atoms with E-state index in [1.807, 2.05) is 0 Å². The average Bonchev–Trinajstić information content (AvgIpc) is 2.01. The first kappa shape index (κ1) is 14.0. The smallest absolute Gasteiger partial charge is 0.0639 e. The van der Waals surface area contributed by atoms with Crippen LogP contribution in [0.15, 0.2) is 11.6 Å². The van der Waals surface area contributed by atoms with E-state index in [1.54, 1.807) is 6.92 Å². The van der Waals surface area contributed by atoms with E-state index in [0.29, 0.717) is 5.57 Å². The van der Waals surface area contributed by atoms with Crippen molar-refractivity contribution < 1.29 is 28.9 Å². The largest absolute Gasteiger partial charge is 0.806 e. The number of aliphatic hydroxyl groups is 1. The van der Waals surface area contributed by atoms with Gasteiger partial charge in [-0.05, 0) is 26.8 Å². The van der Waals surface area contributed by atoms with E-state index >= 15 is 0 Å². The van der Waals surface area contributed by atoms with Gasteiger partial charge in [-0.25, -0.2) is 0 Å². The van der Waals surface area contributed by atoms with Crippen molar-refractivity contribution in [1.82, 2.24) is 0 Å². The molecule has 0 aliphatic carbocycles. The molecule has 6 nitrogen and oxygen atoms in total. The fourth-order valence-corrected chi connectivity index (χ4v) is 2.44. The van der Waals surface area contributed by atoms with Crippen LogP contribution in [0.4, 0.5) is 0 Å². The summed E-state index contributed by atoms with van der Waals surface area (Å²) in [5.41, 5.74) is 0.525. The molecule has 14 heavy (non-hydrogen) atoms. The van der Waals surface area contributed by atoms with Crippen molar-refractivity contribution in [3.63, 3.8) is 0 Å². The van der Waals surface area contributed by atoms with Crippen LogP contribution in [0.25, 0.3) is 0 Å². The molecule has 1 unspecified atom stereocenters. The Hall–Kier alpha value is 0.0400. The number of rotatable bonds is 5. The minimum Gasteiger partial charge on any atom is -0.806 e. The van der Waals surface area contributed by atoms with Crippen molar-refractivity contribution in [2.75, 3.05) is 12.8 Å². The lowest BCUT2D eigenvalue weighted by Crippen LogP contribution is -2.21. The molecule has 0 radical (unpaired) electrons. The molecular weight excluding hydrogens is 230 g/mol. The minimum absolute atomic E-state index is 0.0817. The lowest BCUT2D eigenvalue weighted by Gasteiger charge is -2.42. The molecule has 1 atom stereocenters. The van der Waals surface area contributed by atoms with E-state index in [-0.39, 0.29) is 13.0 Å². The first-order valence-corrected chi connectivity index (χ1v) is 7.85. The molecule has 0 aliphatic heterocycles. The maximum Gasteiger partial charge on any atom is 0.0639 e. The van der Waals surface area contributed by atoms with Crippen molar-refractivity contribution in [3.05, 3.63) is 11.6 Å². The van der Waals surface area contributed by atoms with Crippen LogP contribution in [0, 0.1) is 0 Å². The number of hydrogen-bond acceptors (Lipinski definition) is 6. The van der Waals surface area contributed by atoms with E-state index in [2.05, 4.69) is 0 Å². The van der Waals surface area contributed by atoms with Crippen molar-refractivity contribution in [3.8, 4) is 0 Å². The molecule has 0 heterocycles. The van der Waals surface area contributed by atoms with Gasteiger partial charge < -0.3 is 28.9 Å². The molecule has 0 rings (SSSR count). The third-order valence-electron chi connectivity index (χ3n) is 1.53. The molecule has 0 aromatic rings. The van der Waals surface area contributed by atoms with Crippen LogP contribution in [0.1, 0.15) is 13.3 Å². The number of allylic oxidation sites excluding steroid dienone is 1. The van der Waals surface area contributed by atoms with Gasteiger partial charge in [0.05, 0.1) is 6.61 Å². The van der Waals surface area contributed by atoms with Crippen molar-refractivity contribution in [2.24, 2.45) is 0 Å². The molecule has 0 bridgehead atoms. The molecule has 0 aromatic carbocycles. The lowest BCUT2D eigenvalue weighted by atomic mass is 10.3. The van der Waals surface area contributed by atoms with Crippen LogP contribution in [0.2, 0.25) is 0 Å². The standard InChI is InChI=1S/C6H14O6P2/c1-6(5-7)3-2-4-13(8,9)14(10,11)12/h3,7H,2,4-5H2,1H3,(H,8,9)(H2,10,11,12)/p-3/b6-3+. The first-order chi connectivity index (χ1) is 6.20. The third-order valence-corrected chi connectivity index (χ3v) is 5.94. The van der Waals surface area contributed by atoms with Gasteiger partial charge in [0.1, 0.15) is 0 Å². The molecule has 0 saturated carbocycles. The second-order valence-corrected chi connectivity index (χ2v) is 8.78. The molecule has 0 fully saturated rings. The number of aliphatic hydroxyl groups excluding tert-OH is 1.